The second-order valence-electron chi connectivity index (χ2n) is 4.51. The summed E-state index contributed by atoms with van der Waals surface area (Å²) in [6.07, 6.45) is -0.120. The second kappa shape index (κ2) is 5.55. The lowest BCUT2D eigenvalue weighted by atomic mass is 10.0. The van der Waals surface area contributed by atoms with Gasteiger partial charge >= 0.3 is 6.18 Å². The molecule has 3 nitrogen and oxygen atoms in total. The Morgan fingerprint density at radius 1 is 1.24 bits per heavy atom. The smallest absolute Gasteiger partial charge is 0.289 e. The molecule has 0 unspecified atom stereocenters. The van der Waals surface area contributed by atoms with E-state index in [0.29, 0.717) is 5.57 Å². The fourth-order valence-corrected chi connectivity index (χ4v) is 2.09. The van der Waals surface area contributed by atoms with Crippen LogP contribution in [0.3, 0.4) is 0 Å². The average molecular weight is 294 g/mol. The summed E-state index contributed by atoms with van der Waals surface area (Å²) in [4.78, 5) is 12.8. The van der Waals surface area contributed by atoms with Crippen molar-refractivity contribution in [2.24, 2.45) is 0 Å². The monoisotopic (exact) mass is 294 g/mol. The Hall–Kier alpha value is -2.37. The lowest BCUT2D eigenvalue weighted by Crippen LogP contribution is -2.38. The first-order valence-electron chi connectivity index (χ1n) is 6.24. The van der Waals surface area contributed by atoms with Crippen LogP contribution in [-0.4, -0.2) is 16.6 Å². The Bertz CT molecular complexity index is 645. The summed E-state index contributed by atoms with van der Waals surface area (Å²) in [5.74, 6) is -0.593. The molecule has 0 bridgehead atoms. The largest absolute Gasteiger partial charge is 0.416 e. The number of nitrogens with zero attached hydrogens (tertiary/aromatic N) is 1. The summed E-state index contributed by atoms with van der Waals surface area (Å²) in [5.41, 5.74) is -0.324. The summed E-state index contributed by atoms with van der Waals surface area (Å²) in [6.45, 7) is 1.42. The van der Waals surface area contributed by atoms with Crippen molar-refractivity contribution in [1.82, 2.24) is 4.90 Å². The number of halogens is 3. The van der Waals surface area contributed by atoms with Crippen LogP contribution in [0.2, 0.25) is 0 Å². The molecule has 6 heteroatoms. The van der Waals surface area contributed by atoms with Gasteiger partial charge in [-0.1, -0.05) is 24.3 Å². The molecule has 1 aromatic carbocycles. The first-order valence-corrected chi connectivity index (χ1v) is 6.24. The Morgan fingerprint density at radius 2 is 1.90 bits per heavy atom. The van der Waals surface area contributed by atoms with E-state index in [1.807, 2.05) is 0 Å². The molecule has 1 aromatic rings. The van der Waals surface area contributed by atoms with E-state index < -0.39 is 17.6 Å². The third-order valence-corrected chi connectivity index (χ3v) is 3.18. The summed E-state index contributed by atoms with van der Waals surface area (Å²) in [6, 6.07) is 5.07. The minimum Gasteiger partial charge on any atom is -0.289 e. The van der Waals surface area contributed by atoms with E-state index >= 15 is 0 Å². The zero-order chi connectivity index (χ0) is 15.6. The predicted molar refractivity (Wildman–Crippen MR) is 72.6 cm³/mol. The second-order valence-corrected chi connectivity index (χ2v) is 4.51. The Balaban J connectivity index is 2.37. The van der Waals surface area contributed by atoms with E-state index in [4.69, 9.17) is 5.41 Å². The van der Waals surface area contributed by atoms with Crippen LogP contribution in [0.1, 0.15) is 18.1 Å². The van der Waals surface area contributed by atoms with Crippen molar-refractivity contribution in [3.05, 3.63) is 59.2 Å². The van der Waals surface area contributed by atoms with Crippen LogP contribution in [0.4, 0.5) is 13.2 Å². The molecule has 0 radical (unpaired) electrons. The van der Waals surface area contributed by atoms with Crippen molar-refractivity contribution in [1.29, 1.82) is 5.41 Å². The number of carbonyl (C=O) groups is 1. The first-order chi connectivity index (χ1) is 9.84. The van der Waals surface area contributed by atoms with E-state index in [0.717, 1.165) is 11.0 Å². The van der Waals surface area contributed by atoms with Gasteiger partial charge in [0.1, 0.15) is 5.84 Å². The van der Waals surface area contributed by atoms with Gasteiger partial charge in [0.2, 0.25) is 0 Å². The molecule has 0 aliphatic carbocycles. The minimum atomic E-state index is -4.49. The molecule has 1 aliphatic heterocycles. The predicted octanol–water partition coefficient (Wildman–Crippen LogP) is 3.53. The number of amides is 1. The highest BCUT2D eigenvalue weighted by molar-refractivity contribution is 6.13. The van der Waals surface area contributed by atoms with Crippen molar-refractivity contribution < 1.29 is 18.0 Å². The summed E-state index contributed by atoms with van der Waals surface area (Å²) in [5, 5.41) is 7.91. The van der Waals surface area contributed by atoms with E-state index in [2.05, 4.69) is 0 Å². The van der Waals surface area contributed by atoms with Crippen LogP contribution in [-0.2, 0) is 17.5 Å². The third kappa shape index (κ3) is 3.04. The summed E-state index contributed by atoms with van der Waals surface area (Å²) in [7, 11) is 0. The molecular formula is C15H13F3N2O. The molecule has 0 spiro atoms. The van der Waals surface area contributed by atoms with Gasteiger partial charge in [0.05, 0.1) is 12.1 Å². The highest BCUT2D eigenvalue weighted by Gasteiger charge is 2.34. The van der Waals surface area contributed by atoms with Crippen molar-refractivity contribution in [3.8, 4) is 0 Å². The van der Waals surface area contributed by atoms with Crippen LogP contribution in [0.5, 0.6) is 0 Å². The quantitative estimate of drug-likeness (QED) is 0.891. The fraction of sp³-hybridized carbons (Fsp3) is 0.200. The molecule has 0 saturated carbocycles. The maximum Gasteiger partial charge on any atom is 0.416 e. The molecule has 1 aliphatic rings. The standard InChI is InChI=1S/C15H13F3N2O/c1-2-10-7-8-13(21)20(14(10)19)9-11-5-3-4-6-12(11)15(16,17)18/h2-8,19H,9H2,1H3/b10-2-,19-14?. The molecule has 0 fully saturated rings. The van der Waals surface area contributed by atoms with Gasteiger partial charge < -0.3 is 0 Å². The Morgan fingerprint density at radius 3 is 2.52 bits per heavy atom. The van der Waals surface area contributed by atoms with Crippen LogP contribution in [0.15, 0.2) is 48.1 Å². The van der Waals surface area contributed by atoms with Crippen molar-refractivity contribution in [3.63, 3.8) is 0 Å². The van der Waals surface area contributed by atoms with Crippen molar-refractivity contribution in [2.45, 2.75) is 19.6 Å². The maximum absolute atomic E-state index is 13.0. The SMILES string of the molecule is C/C=C1/C=CC(=O)N(Cc2ccccc2C(F)(F)F)C1=N. The zero-order valence-electron chi connectivity index (χ0n) is 11.2. The lowest BCUT2D eigenvalue weighted by molar-refractivity contribution is -0.138. The van der Waals surface area contributed by atoms with Crippen LogP contribution in [0.25, 0.3) is 0 Å². The van der Waals surface area contributed by atoms with Crippen molar-refractivity contribution in [2.75, 3.05) is 0 Å². The third-order valence-electron chi connectivity index (χ3n) is 3.18. The minimum absolute atomic E-state index is 0.0335. The summed E-state index contributed by atoms with van der Waals surface area (Å²) >= 11 is 0. The number of carbonyl (C=O) groups excluding carboxylic acids is 1. The molecule has 1 amide bonds. The molecule has 1 heterocycles. The molecule has 110 valence electrons. The fourth-order valence-electron chi connectivity index (χ4n) is 2.09. The number of benzene rings is 1. The zero-order valence-corrected chi connectivity index (χ0v) is 11.2. The normalized spacial score (nSPS) is 17.7. The molecule has 1 N–H and O–H groups in total. The summed E-state index contributed by atoms with van der Waals surface area (Å²) < 4.78 is 38.9. The highest BCUT2D eigenvalue weighted by Crippen LogP contribution is 2.32. The Kier molecular flexibility index (Phi) is 3.97. The molecule has 0 aromatic heterocycles. The van der Waals surface area contributed by atoms with Gasteiger partial charge in [0.25, 0.3) is 5.91 Å². The highest BCUT2D eigenvalue weighted by atomic mass is 19.4. The topological polar surface area (TPSA) is 44.2 Å². The van der Waals surface area contributed by atoms with Gasteiger partial charge in [-0.05, 0) is 24.6 Å². The van der Waals surface area contributed by atoms with Crippen LogP contribution in [0, 0.1) is 5.41 Å². The van der Waals surface area contributed by atoms with Gasteiger partial charge in [-0.3, -0.25) is 15.1 Å². The first kappa shape index (κ1) is 15.0. The molecule has 0 atom stereocenters. The van der Waals surface area contributed by atoms with E-state index in [-0.39, 0.29) is 17.9 Å². The number of allylic oxidation sites excluding steroid dienone is 1. The van der Waals surface area contributed by atoms with Gasteiger partial charge in [0.15, 0.2) is 0 Å². The number of alkyl halides is 3. The maximum atomic E-state index is 13.0. The average Bonchev–Trinajstić information content (AvgIpc) is 2.43. The van der Waals surface area contributed by atoms with E-state index in [9.17, 15) is 18.0 Å². The number of rotatable bonds is 2. The van der Waals surface area contributed by atoms with Gasteiger partial charge in [-0.2, -0.15) is 13.2 Å². The van der Waals surface area contributed by atoms with Crippen LogP contribution >= 0.6 is 0 Å². The van der Waals surface area contributed by atoms with Gasteiger partial charge in [-0.15, -0.1) is 0 Å². The van der Waals surface area contributed by atoms with E-state index in [1.165, 1.54) is 30.4 Å². The van der Waals surface area contributed by atoms with Crippen molar-refractivity contribution >= 4 is 11.7 Å². The lowest BCUT2D eigenvalue weighted by Gasteiger charge is -2.27. The molecule has 21 heavy (non-hydrogen) atoms. The number of hydrogen-bond donors (Lipinski definition) is 1. The van der Waals surface area contributed by atoms with Gasteiger partial charge in [-0.25, -0.2) is 0 Å². The molecular weight excluding hydrogens is 281 g/mol. The van der Waals surface area contributed by atoms with Gasteiger partial charge in [0, 0.05) is 11.6 Å². The van der Waals surface area contributed by atoms with Crippen LogP contribution < -0.4 is 0 Å². The number of hydrogen-bond acceptors (Lipinski definition) is 2. The number of amidine groups is 1. The molecule has 2 rings (SSSR count). The molecule has 0 saturated heterocycles. The number of nitrogens with one attached hydrogen (secondary N) is 1. The Labute approximate surface area is 119 Å². The van der Waals surface area contributed by atoms with E-state index in [1.54, 1.807) is 13.0 Å².